The standard InChI is InChI=1S/C12H13BrN4/c1-7(14)9-6-16-12(17-8(9)2)11-10(13)4-3-5-15-11/h3-7H,14H2,1-2H3/t7-/m1/s1. The third-order valence-corrected chi connectivity index (χ3v) is 3.12. The van der Waals surface area contributed by atoms with E-state index in [1.165, 1.54) is 0 Å². The summed E-state index contributed by atoms with van der Waals surface area (Å²) >= 11 is 3.44. The number of nitrogens with two attached hydrogens (primary N) is 1. The Labute approximate surface area is 108 Å². The van der Waals surface area contributed by atoms with Crippen LogP contribution in [0.1, 0.15) is 24.2 Å². The molecular weight excluding hydrogens is 280 g/mol. The Bertz CT molecular complexity index is 540. The fraction of sp³-hybridized carbons (Fsp3) is 0.250. The van der Waals surface area contributed by atoms with Crippen molar-refractivity contribution < 1.29 is 0 Å². The van der Waals surface area contributed by atoms with Gasteiger partial charge in [-0.3, -0.25) is 4.98 Å². The molecule has 0 aliphatic heterocycles. The lowest BCUT2D eigenvalue weighted by atomic mass is 10.1. The third kappa shape index (κ3) is 2.50. The molecule has 0 aromatic carbocycles. The first kappa shape index (κ1) is 12.1. The molecule has 2 aromatic rings. The number of rotatable bonds is 2. The predicted molar refractivity (Wildman–Crippen MR) is 70.3 cm³/mol. The average molecular weight is 293 g/mol. The normalized spacial score (nSPS) is 12.5. The minimum absolute atomic E-state index is 0.0591. The Morgan fingerprint density at radius 1 is 1.35 bits per heavy atom. The van der Waals surface area contributed by atoms with Gasteiger partial charge in [-0.05, 0) is 41.9 Å². The quantitative estimate of drug-likeness (QED) is 0.924. The van der Waals surface area contributed by atoms with Gasteiger partial charge in [-0.1, -0.05) is 0 Å². The first-order valence-electron chi connectivity index (χ1n) is 5.29. The van der Waals surface area contributed by atoms with Crippen molar-refractivity contribution >= 4 is 15.9 Å². The molecule has 2 rings (SSSR count). The van der Waals surface area contributed by atoms with Crippen molar-refractivity contribution in [3.05, 3.63) is 40.3 Å². The molecule has 0 saturated carbocycles. The van der Waals surface area contributed by atoms with Gasteiger partial charge in [-0.15, -0.1) is 0 Å². The summed E-state index contributed by atoms with van der Waals surface area (Å²) in [7, 11) is 0. The van der Waals surface area contributed by atoms with Crippen LogP contribution in [0.3, 0.4) is 0 Å². The summed E-state index contributed by atoms with van der Waals surface area (Å²) in [4.78, 5) is 13.0. The highest BCUT2D eigenvalue weighted by molar-refractivity contribution is 9.10. The van der Waals surface area contributed by atoms with E-state index < -0.39 is 0 Å². The number of hydrogen-bond donors (Lipinski definition) is 1. The molecule has 5 heteroatoms. The topological polar surface area (TPSA) is 64.7 Å². The summed E-state index contributed by atoms with van der Waals surface area (Å²) in [5.74, 6) is 0.611. The molecule has 0 aliphatic carbocycles. The summed E-state index contributed by atoms with van der Waals surface area (Å²) in [6.07, 6.45) is 3.49. The van der Waals surface area contributed by atoms with Crippen LogP contribution in [0, 0.1) is 6.92 Å². The Morgan fingerprint density at radius 3 is 2.71 bits per heavy atom. The third-order valence-electron chi connectivity index (χ3n) is 2.48. The second-order valence-corrected chi connectivity index (χ2v) is 4.71. The van der Waals surface area contributed by atoms with Gasteiger partial charge >= 0.3 is 0 Å². The van der Waals surface area contributed by atoms with Gasteiger partial charge < -0.3 is 5.73 Å². The van der Waals surface area contributed by atoms with E-state index in [0.717, 1.165) is 21.4 Å². The van der Waals surface area contributed by atoms with Crippen LogP contribution < -0.4 is 5.73 Å². The molecule has 0 radical (unpaired) electrons. The molecule has 0 fully saturated rings. The van der Waals surface area contributed by atoms with Crippen molar-refractivity contribution in [2.24, 2.45) is 5.73 Å². The fourth-order valence-corrected chi connectivity index (χ4v) is 2.02. The molecule has 0 saturated heterocycles. The van der Waals surface area contributed by atoms with Crippen LogP contribution in [0.2, 0.25) is 0 Å². The maximum absolute atomic E-state index is 5.83. The number of halogens is 1. The van der Waals surface area contributed by atoms with Crippen molar-refractivity contribution in [1.82, 2.24) is 15.0 Å². The van der Waals surface area contributed by atoms with Gasteiger partial charge in [0.1, 0.15) is 5.69 Å². The number of hydrogen-bond acceptors (Lipinski definition) is 4. The van der Waals surface area contributed by atoms with E-state index in [9.17, 15) is 0 Å². The number of aryl methyl sites for hydroxylation is 1. The van der Waals surface area contributed by atoms with Gasteiger partial charge in [0, 0.05) is 34.2 Å². The molecule has 4 nitrogen and oxygen atoms in total. The van der Waals surface area contributed by atoms with Gasteiger partial charge in [0.2, 0.25) is 0 Å². The first-order chi connectivity index (χ1) is 8.09. The Hall–Kier alpha value is -1.33. The molecule has 0 spiro atoms. The van der Waals surface area contributed by atoms with E-state index in [1.807, 2.05) is 26.0 Å². The van der Waals surface area contributed by atoms with Gasteiger partial charge in [-0.2, -0.15) is 0 Å². The maximum Gasteiger partial charge on any atom is 0.179 e. The summed E-state index contributed by atoms with van der Waals surface area (Å²) in [5.41, 5.74) is 8.42. The minimum Gasteiger partial charge on any atom is -0.324 e. The Balaban J connectivity index is 2.49. The lowest BCUT2D eigenvalue weighted by Gasteiger charge is -2.09. The van der Waals surface area contributed by atoms with E-state index in [1.54, 1.807) is 12.4 Å². The van der Waals surface area contributed by atoms with Crippen molar-refractivity contribution in [1.29, 1.82) is 0 Å². The SMILES string of the molecule is Cc1nc(-c2ncccc2Br)ncc1[C@@H](C)N. The van der Waals surface area contributed by atoms with E-state index in [-0.39, 0.29) is 6.04 Å². The molecule has 0 bridgehead atoms. The second-order valence-electron chi connectivity index (χ2n) is 3.86. The van der Waals surface area contributed by atoms with E-state index in [2.05, 4.69) is 30.9 Å². The van der Waals surface area contributed by atoms with E-state index in [4.69, 9.17) is 5.73 Å². The zero-order valence-electron chi connectivity index (χ0n) is 9.68. The molecule has 0 aliphatic rings. The maximum atomic E-state index is 5.83. The molecule has 1 atom stereocenters. The summed E-state index contributed by atoms with van der Waals surface area (Å²) in [6, 6.07) is 3.72. The molecule has 0 amide bonds. The first-order valence-corrected chi connectivity index (χ1v) is 6.09. The van der Waals surface area contributed by atoms with Gasteiger partial charge in [-0.25, -0.2) is 9.97 Å². The molecular formula is C12H13BrN4. The minimum atomic E-state index is -0.0591. The van der Waals surface area contributed by atoms with Crippen LogP contribution in [-0.4, -0.2) is 15.0 Å². The highest BCUT2D eigenvalue weighted by Crippen LogP contribution is 2.23. The van der Waals surface area contributed by atoms with Gasteiger partial charge in [0.05, 0.1) is 0 Å². The second kappa shape index (κ2) is 4.89. The molecule has 88 valence electrons. The van der Waals surface area contributed by atoms with Crippen LogP contribution >= 0.6 is 15.9 Å². The molecule has 0 unspecified atom stereocenters. The Morgan fingerprint density at radius 2 is 2.12 bits per heavy atom. The highest BCUT2D eigenvalue weighted by atomic mass is 79.9. The summed E-state index contributed by atoms with van der Waals surface area (Å²) in [6.45, 7) is 3.85. The molecule has 2 aromatic heterocycles. The van der Waals surface area contributed by atoms with Crippen molar-refractivity contribution in [3.8, 4) is 11.5 Å². The van der Waals surface area contributed by atoms with Gasteiger partial charge in [0.25, 0.3) is 0 Å². The summed E-state index contributed by atoms with van der Waals surface area (Å²) in [5, 5.41) is 0. The van der Waals surface area contributed by atoms with Crippen LogP contribution in [0.15, 0.2) is 29.0 Å². The van der Waals surface area contributed by atoms with Crippen LogP contribution in [0.5, 0.6) is 0 Å². The van der Waals surface area contributed by atoms with Gasteiger partial charge in [0.15, 0.2) is 5.82 Å². The lowest BCUT2D eigenvalue weighted by Crippen LogP contribution is -2.09. The predicted octanol–water partition coefficient (Wildman–Crippen LogP) is 2.63. The monoisotopic (exact) mass is 292 g/mol. The van der Waals surface area contributed by atoms with Crippen LogP contribution in [0.25, 0.3) is 11.5 Å². The fourth-order valence-electron chi connectivity index (χ4n) is 1.59. The van der Waals surface area contributed by atoms with Crippen molar-refractivity contribution in [2.45, 2.75) is 19.9 Å². The largest absolute Gasteiger partial charge is 0.324 e. The molecule has 17 heavy (non-hydrogen) atoms. The number of pyridine rings is 1. The average Bonchev–Trinajstić information content (AvgIpc) is 2.29. The smallest absolute Gasteiger partial charge is 0.179 e. The highest BCUT2D eigenvalue weighted by Gasteiger charge is 2.11. The zero-order chi connectivity index (χ0) is 12.4. The Kier molecular flexibility index (Phi) is 3.49. The van der Waals surface area contributed by atoms with Crippen LogP contribution in [-0.2, 0) is 0 Å². The zero-order valence-corrected chi connectivity index (χ0v) is 11.3. The van der Waals surface area contributed by atoms with E-state index >= 15 is 0 Å². The molecule has 2 heterocycles. The molecule has 2 N–H and O–H groups in total. The van der Waals surface area contributed by atoms with Crippen molar-refractivity contribution in [2.75, 3.05) is 0 Å². The van der Waals surface area contributed by atoms with E-state index in [0.29, 0.717) is 5.82 Å². The lowest BCUT2D eigenvalue weighted by molar-refractivity contribution is 0.789. The van der Waals surface area contributed by atoms with Crippen molar-refractivity contribution in [3.63, 3.8) is 0 Å². The van der Waals surface area contributed by atoms with Crippen LogP contribution in [0.4, 0.5) is 0 Å². The summed E-state index contributed by atoms with van der Waals surface area (Å²) < 4.78 is 0.882. The number of nitrogens with zero attached hydrogens (tertiary/aromatic N) is 3. The number of aromatic nitrogens is 3.